The van der Waals surface area contributed by atoms with Gasteiger partial charge in [0.15, 0.2) is 6.61 Å². The Bertz CT molecular complexity index is 798. The molecule has 0 saturated heterocycles. The highest BCUT2D eigenvalue weighted by atomic mass is 32.1. The number of carbonyl (C=O) groups excluding carboxylic acids is 3. The number of ether oxygens (including phenoxy) is 1. The maximum Gasteiger partial charge on any atom is 0.338 e. The minimum absolute atomic E-state index is 0.373. The fourth-order valence-corrected chi connectivity index (χ4v) is 4.02. The Kier molecular flexibility index (Phi) is 4.61. The summed E-state index contributed by atoms with van der Waals surface area (Å²) < 4.78 is 4.98. The van der Waals surface area contributed by atoms with Crippen LogP contribution in [-0.2, 0) is 22.4 Å². The SMILES string of the molecule is NC(=O)c1c(NC(=O)COC(=O)c2ccccc2)sc2c1CCC2. The van der Waals surface area contributed by atoms with Crippen molar-refractivity contribution in [3.63, 3.8) is 0 Å². The smallest absolute Gasteiger partial charge is 0.338 e. The van der Waals surface area contributed by atoms with Crippen LogP contribution < -0.4 is 11.1 Å². The fourth-order valence-electron chi connectivity index (χ4n) is 2.70. The first kappa shape index (κ1) is 16.2. The van der Waals surface area contributed by atoms with Gasteiger partial charge in [-0.3, -0.25) is 9.59 Å². The first-order chi connectivity index (χ1) is 11.6. The van der Waals surface area contributed by atoms with Gasteiger partial charge in [0.2, 0.25) is 0 Å². The van der Waals surface area contributed by atoms with Gasteiger partial charge in [-0.2, -0.15) is 0 Å². The van der Waals surface area contributed by atoms with Gasteiger partial charge in [-0.15, -0.1) is 11.3 Å². The van der Waals surface area contributed by atoms with Gasteiger partial charge in [0.25, 0.3) is 11.8 Å². The number of nitrogens with one attached hydrogen (secondary N) is 1. The van der Waals surface area contributed by atoms with Gasteiger partial charge in [-0.05, 0) is 37.0 Å². The normalized spacial score (nSPS) is 12.5. The molecule has 3 rings (SSSR count). The summed E-state index contributed by atoms with van der Waals surface area (Å²) in [6.07, 6.45) is 2.67. The fraction of sp³-hybridized carbons (Fsp3) is 0.235. The lowest BCUT2D eigenvalue weighted by atomic mass is 10.1. The van der Waals surface area contributed by atoms with Crippen LogP contribution in [0.1, 0.15) is 37.6 Å². The maximum absolute atomic E-state index is 12.0. The van der Waals surface area contributed by atoms with Gasteiger partial charge in [0, 0.05) is 4.88 Å². The number of amides is 2. The number of nitrogens with two attached hydrogens (primary N) is 1. The number of rotatable bonds is 5. The summed E-state index contributed by atoms with van der Waals surface area (Å²) in [4.78, 5) is 36.6. The van der Waals surface area contributed by atoms with Crippen molar-refractivity contribution in [2.75, 3.05) is 11.9 Å². The number of carbonyl (C=O) groups is 3. The Morgan fingerprint density at radius 2 is 1.92 bits per heavy atom. The summed E-state index contributed by atoms with van der Waals surface area (Å²) in [6.45, 7) is -0.422. The molecule has 7 heteroatoms. The molecule has 2 amide bonds. The monoisotopic (exact) mass is 344 g/mol. The predicted molar refractivity (Wildman–Crippen MR) is 90.2 cm³/mol. The van der Waals surface area contributed by atoms with E-state index in [-0.39, 0.29) is 0 Å². The minimum Gasteiger partial charge on any atom is -0.452 e. The van der Waals surface area contributed by atoms with E-state index in [1.54, 1.807) is 30.3 Å². The zero-order valence-corrected chi connectivity index (χ0v) is 13.7. The van der Waals surface area contributed by atoms with E-state index < -0.39 is 24.4 Å². The molecule has 0 radical (unpaired) electrons. The Morgan fingerprint density at radius 3 is 2.62 bits per heavy atom. The van der Waals surface area contributed by atoms with Crippen LogP contribution in [0.3, 0.4) is 0 Å². The van der Waals surface area contributed by atoms with E-state index in [9.17, 15) is 14.4 Å². The molecule has 0 fully saturated rings. The number of thiophene rings is 1. The largest absolute Gasteiger partial charge is 0.452 e. The van der Waals surface area contributed by atoms with Gasteiger partial charge in [0.05, 0.1) is 11.1 Å². The maximum atomic E-state index is 12.0. The number of hydrogen-bond acceptors (Lipinski definition) is 5. The lowest BCUT2D eigenvalue weighted by molar-refractivity contribution is -0.119. The standard InChI is InChI=1S/C17H16N2O4S/c18-15(21)14-11-7-4-8-12(11)24-16(14)19-13(20)9-23-17(22)10-5-2-1-3-6-10/h1-3,5-6H,4,7-9H2,(H2,18,21)(H,19,20). The number of benzene rings is 1. The number of primary amides is 1. The minimum atomic E-state index is -0.574. The van der Waals surface area contributed by atoms with Crippen LogP contribution in [0.15, 0.2) is 30.3 Å². The van der Waals surface area contributed by atoms with Crippen molar-refractivity contribution in [3.05, 3.63) is 51.9 Å². The molecule has 0 atom stereocenters. The summed E-state index contributed by atoms with van der Waals surface area (Å²) in [5, 5.41) is 3.07. The molecule has 0 unspecified atom stereocenters. The molecule has 0 aliphatic heterocycles. The summed E-state index contributed by atoms with van der Waals surface area (Å²) >= 11 is 1.36. The number of esters is 1. The van der Waals surface area contributed by atoms with Crippen LogP contribution in [0, 0.1) is 0 Å². The van der Waals surface area contributed by atoms with Crippen LogP contribution in [0.4, 0.5) is 5.00 Å². The molecular weight excluding hydrogens is 328 g/mol. The highest BCUT2D eigenvalue weighted by molar-refractivity contribution is 7.17. The molecule has 1 aromatic carbocycles. The Balaban J connectivity index is 1.64. The second-order valence-electron chi connectivity index (χ2n) is 5.42. The molecule has 24 heavy (non-hydrogen) atoms. The van der Waals surface area contributed by atoms with Crippen molar-refractivity contribution in [3.8, 4) is 0 Å². The van der Waals surface area contributed by atoms with Gasteiger partial charge in [-0.25, -0.2) is 4.79 Å². The molecule has 0 saturated carbocycles. The molecule has 1 heterocycles. The molecule has 124 valence electrons. The highest BCUT2D eigenvalue weighted by Crippen LogP contribution is 2.38. The van der Waals surface area contributed by atoms with E-state index >= 15 is 0 Å². The van der Waals surface area contributed by atoms with Crippen molar-refractivity contribution < 1.29 is 19.1 Å². The zero-order valence-electron chi connectivity index (χ0n) is 12.8. The Morgan fingerprint density at radius 1 is 1.17 bits per heavy atom. The van der Waals surface area contributed by atoms with Crippen molar-refractivity contribution in [2.24, 2.45) is 5.73 Å². The molecule has 6 nitrogen and oxygen atoms in total. The second kappa shape index (κ2) is 6.84. The zero-order chi connectivity index (χ0) is 17.1. The molecule has 3 N–H and O–H groups in total. The average Bonchev–Trinajstić information content (AvgIpc) is 3.13. The Labute approximate surface area is 142 Å². The molecule has 1 aromatic heterocycles. The predicted octanol–water partition coefficient (Wildman–Crippen LogP) is 2.13. The van der Waals surface area contributed by atoms with Gasteiger partial charge < -0.3 is 15.8 Å². The van der Waals surface area contributed by atoms with E-state index in [2.05, 4.69) is 5.32 Å². The number of hydrogen-bond donors (Lipinski definition) is 2. The summed E-state index contributed by atoms with van der Waals surface area (Å²) in [6, 6.07) is 8.42. The van der Waals surface area contributed by atoms with Crippen molar-refractivity contribution in [2.45, 2.75) is 19.3 Å². The van der Waals surface area contributed by atoms with Crippen molar-refractivity contribution in [1.82, 2.24) is 0 Å². The highest BCUT2D eigenvalue weighted by Gasteiger charge is 2.26. The van der Waals surface area contributed by atoms with E-state index in [0.717, 1.165) is 29.7 Å². The third kappa shape index (κ3) is 3.30. The molecule has 0 spiro atoms. The molecule has 0 bridgehead atoms. The van der Waals surface area contributed by atoms with Crippen LogP contribution in [0.2, 0.25) is 0 Å². The summed E-state index contributed by atoms with van der Waals surface area (Å²) in [7, 11) is 0. The first-order valence-corrected chi connectivity index (χ1v) is 8.34. The van der Waals surface area contributed by atoms with Gasteiger partial charge in [0.1, 0.15) is 5.00 Å². The van der Waals surface area contributed by atoms with E-state index in [1.165, 1.54) is 11.3 Å². The number of fused-ring (bicyclic) bond motifs is 1. The van der Waals surface area contributed by atoms with Crippen LogP contribution in [0.25, 0.3) is 0 Å². The molecular formula is C17H16N2O4S. The quantitative estimate of drug-likeness (QED) is 0.812. The molecule has 1 aliphatic carbocycles. The third-order valence-corrected chi connectivity index (χ3v) is 4.97. The third-order valence-electron chi connectivity index (χ3n) is 3.76. The Hall–Kier alpha value is -2.67. The number of anilines is 1. The van der Waals surface area contributed by atoms with E-state index in [0.29, 0.717) is 16.1 Å². The van der Waals surface area contributed by atoms with Gasteiger partial charge >= 0.3 is 5.97 Å². The van der Waals surface area contributed by atoms with Crippen molar-refractivity contribution >= 4 is 34.1 Å². The first-order valence-electron chi connectivity index (χ1n) is 7.52. The lowest BCUT2D eigenvalue weighted by Crippen LogP contribution is -2.22. The van der Waals surface area contributed by atoms with Crippen LogP contribution in [0.5, 0.6) is 0 Å². The molecule has 2 aromatic rings. The molecule has 1 aliphatic rings. The van der Waals surface area contributed by atoms with Crippen LogP contribution in [-0.4, -0.2) is 24.4 Å². The van der Waals surface area contributed by atoms with Crippen molar-refractivity contribution in [1.29, 1.82) is 0 Å². The van der Waals surface area contributed by atoms with E-state index in [1.807, 2.05) is 0 Å². The van der Waals surface area contributed by atoms with Gasteiger partial charge in [-0.1, -0.05) is 18.2 Å². The lowest BCUT2D eigenvalue weighted by Gasteiger charge is -2.07. The number of aryl methyl sites for hydroxylation is 1. The topological polar surface area (TPSA) is 98.5 Å². The summed E-state index contributed by atoms with van der Waals surface area (Å²) in [5.41, 5.74) is 7.13. The second-order valence-corrected chi connectivity index (χ2v) is 6.52. The van der Waals surface area contributed by atoms with Crippen LogP contribution >= 0.6 is 11.3 Å². The van der Waals surface area contributed by atoms with E-state index in [4.69, 9.17) is 10.5 Å². The average molecular weight is 344 g/mol. The summed E-state index contributed by atoms with van der Waals surface area (Å²) in [5.74, 6) is -1.62.